The molecule has 5 heteroatoms. The molecule has 0 bridgehead atoms. The summed E-state index contributed by atoms with van der Waals surface area (Å²) in [5.74, 6) is 1.83. The zero-order chi connectivity index (χ0) is 14.4. The van der Waals surface area contributed by atoms with E-state index in [9.17, 15) is 0 Å². The van der Waals surface area contributed by atoms with Crippen LogP contribution in [0.2, 0.25) is 0 Å². The van der Waals surface area contributed by atoms with Crippen LogP contribution in [-0.4, -0.2) is 45.3 Å². The average Bonchev–Trinajstić information content (AvgIpc) is 3.01. The van der Waals surface area contributed by atoms with E-state index in [1.54, 1.807) is 6.33 Å². The SMILES string of the molecule is CCCn1ncnc1CN1CCCC1CNCC(C)C. The van der Waals surface area contributed by atoms with Crippen LogP contribution in [0.1, 0.15) is 45.9 Å². The summed E-state index contributed by atoms with van der Waals surface area (Å²) in [4.78, 5) is 6.99. The number of hydrogen-bond donors (Lipinski definition) is 1. The minimum absolute atomic E-state index is 0.653. The van der Waals surface area contributed by atoms with Crippen molar-refractivity contribution in [3.8, 4) is 0 Å². The number of nitrogens with one attached hydrogen (secondary N) is 1. The van der Waals surface area contributed by atoms with E-state index in [0.29, 0.717) is 6.04 Å². The van der Waals surface area contributed by atoms with Crippen molar-refractivity contribution < 1.29 is 0 Å². The Morgan fingerprint density at radius 1 is 1.45 bits per heavy atom. The molecule has 0 amide bonds. The summed E-state index contributed by atoms with van der Waals surface area (Å²) in [5.41, 5.74) is 0. The van der Waals surface area contributed by atoms with Gasteiger partial charge in [0.05, 0.1) is 6.54 Å². The van der Waals surface area contributed by atoms with Crippen LogP contribution in [0.5, 0.6) is 0 Å². The Bertz CT molecular complexity index is 387. The summed E-state index contributed by atoms with van der Waals surface area (Å²) in [6, 6.07) is 0.653. The van der Waals surface area contributed by atoms with Gasteiger partial charge < -0.3 is 5.32 Å². The molecule has 5 nitrogen and oxygen atoms in total. The lowest BCUT2D eigenvalue weighted by Crippen LogP contribution is -2.39. The van der Waals surface area contributed by atoms with Crippen LogP contribution in [0, 0.1) is 5.92 Å². The summed E-state index contributed by atoms with van der Waals surface area (Å²) in [7, 11) is 0. The lowest BCUT2D eigenvalue weighted by Gasteiger charge is -2.24. The first-order valence-corrected chi connectivity index (χ1v) is 8.02. The second kappa shape index (κ2) is 7.74. The Hall–Kier alpha value is -0.940. The number of rotatable bonds is 8. The number of aromatic nitrogens is 3. The largest absolute Gasteiger partial charge is 0.315 e. The molecule has 1 fully saturated rings. The normalized spacial score (nSPS) is 20.1. The second-order valence-corrected chi connectivity index (χ2v) is 6.22. The molecule has 1 unspecified atom stereocenters. The molecule has 20 heavy (non-hydrogen) atoms. The molecule has 1 aliphatic rings. The highest BCUT2D eigenvalue weighted by molar-refractivity contribution is 4.90. The highest BCUT2D eigenvalue weighted by atomic mass is 15.4. The monoisotopic (exact) mass is 279 g/mol. The average molecular weight is 279 g/mol. The number of hydrogen-bond acceptors (Lipinski definition) is 4. The Balaban J connectivity index is 1.85. The molecular formula is C15H29N5. The van der Waals surface area contributed by atoms with Crippen LogP contribution >= 0.6 is 0 Å². The summed E-state index contributed by atoms with van der Waals surface area (Å²) in [5, 5.41) is 7.91. The van der Waals surface area contributed by atoms with Crippen LogP contribution < -0.4 is 5.32 Å². The van der Waals surface area contributed by atoms with E-state index in [1.807, 2.05) is 0 Å². The lowest BCUT2D eigenvalue weighted by atomic mass is 10.2. The Morgan fingerprint density at radius 3 is 3.05 bits per heavy atom. The topological polar surface area (TPSA) is 46.0 Å². The van der Waals surface area contributed by atoms with Crippen molar-refractivity contribution in [2.75, 3.05) is 19.6 Å². The molecule has 0 saturated carbocycles. The summed E-state index contributed by atoms with van der Waals surface area (Å²) >= 11 is 0. The molecule has 0 radical (unpaired) electrons. The Labute approximate surface area is 122 Å². The van der Waals surface area contributed by atoms with Gasteiger partial charge in [0.25, 0.3) is 0 Å². The third kappa shape index (κ3) is 4.28. The van der Waals surface area contributed by atoms with Crippen molar-refractivity contribution >= 4 is 0 Å². The van der Waals surface area contributed by atoms with Gasteiger partial charge in [0, 0.05) is 19.1 Å². The fourth-order valence-electron chi connectivity index (χ4n) is 2.86. The fourth-order valence-corrected chi connectivity index (χ4v) is 2.86. The van der Waals surface area contributed by atoms with Crippen LogP contribution in [-0.2, 0) is 13.1 Å². The molecule has 0 aromatic carbocycles. The van der Waals surface area contributed by atoms with Gasteiger partial charge in [-0.2, -0.15) is 5.10 Å². The predicted octanol–water partition coefficient (Wildman–Crippen LogP) is 1.90. The van der Waals surface area contributed by atoms with Crippen LogP contribution in [0.15, 0.2) is 6.33 Å². The molecule has 1 aromatic heterocycles. The number of likely N-dealkylation sites (tertiary alicyclic amines) is 1. The van der Waals surface area contributed by atoms with Gasteiger partial charge in [-0.25, -0.2) is 9.67 Å². The van der Waals surface area contributed by atoms with E-state index in [4.69, 9.17) is 0 Å². The van der Waals surface area contributed by atoms with Crippen molar-refractivity contribution in [1.29, 1.82) is 0 Å². The molecular weight excluding hydrogens is 250 g/mol. The van der Waals surface area contributed by atoms with E-state index >= 15 is 0 Å². The van der Waals surface area contributed by atoms with Crippen molar-refractivity contribution in [3.63, 3.8) is 0 Å². The van der Waals surface area contributed by atoms with Crippen molar-refractivity contribution in [3.05, 3.63) is 12.2 Å². The Morgan fingerprint density at radius 2 is 2.30 bits per heavy atom. The first-order valence-electron chi connectivity index (χ1n) is 8.02. The van der Waals surface area contributed by atoms with Gasteiger partial charge >= 0.3 is 0 Å². The Kier molecular flexibility index (Phi) is 5.98. The highest BCUT2D eigenvalue weighted by Gasteiger charge is 2.25. The van der Waals surface area contributed by atoms with Gasteiger partial charge in [0.15, 0.2) is 0 Å². The predicted molar refractivity (Wildman–Crippen MR) is 81.5 cm³/mol. The minimum Gasteiger partial charge on any atom is -0.315 e. The van der Waals surface area contributed by atoms with Crippen molar-refractivity contribution in [1.82, 2.24) is 25.0 Å². The molecule has 1 N–H and O–H groups in total. The quantitative estimate of drug-likeness (QED) is 0.789. The molecule has 2 rings (SSSR count). The maximum absolute atomic E-state index is 4.43. The van der Waals surface area contributed by atoms with Crippen LogP contribution in [0.4, 0.5) is 0 Å². The van der Waals surface area contributed by atoms with Gasteiger partial charge in [0.2, 0.25) is 0 Å². The molecule has 114 valence electrons. The molecule has 0 spiro atoms. The molecule has 1 saturated heterocycles. The molecule has 2 heterocycles. The zero-order valence-electron chi connectivity index (χ0n) is 13.2. The maximum Gasteiger partial charge on any atom is 0.141 e. The smallest absolute Gasteiger partial charge is 0.141 e. The summed E-state index contributed by atoms with van der Waals surface area (Å²) < 4.78 is 2.05. The van der Waals surface area contributed by atoms with Gasteiger partial charge in [-0.15, -0.1) is 0 Å². The van der Waals surface area contributed by atoms with Gasteiger partial charge in [-0.3, -0.25) is 4.90 Å². The third-order valence-corrected chi connectivity index (χ3v) is 3.91. The lowest BCUT2D eigenvalue weighted by molar-refractivity contribution is 0.227. The van der Waals surface area contributed by atoms with E-state index in [2.05, 4.69) is 45.8 Å². The zero-order valence-corrected chi connectivity index (χ0v) is 13.2. The fraction of sp³-hybridized carbons (Fsp3) is 0.867. The van der Waals surface area contributed by atoms with E-state index in [-0.39, 0.29) is 0 Å². The molecule has 1 aromatic rings. The first-order chi connectivity index (χ1) is 9.70. The summed E-state index contributed by atoms with van der Waals surface area (Å²) in [6.45, 7) is 12.0. The van der Waals surface area contributed by atoms with Gasteiger partial charge in [0.1, 0.15) is 12.2 Å². The van der Waals surface area contributed by atoms with Crippen LogP contribution in [0.3, 0.4) is 0 Å². The standard InChI is InChI=1S/C15H29N5/c1-4-7-20-15(17-12-18-20)11-19-8-5-6-14(19)10-16-9-13(2)3/h12-14,16H,4-11H2,1-3H3. The van der Waals surface area contributed by atoms with Crippen molar-refractivity contribution in [2.45, 2.75) is 59.2 Å². The highest BCUT2D eigenvalue weighted by Crippen LogP contribution is 2.19. The maximum atomic E-state index is 4.43. The first kappa shape index (κ1) is 15.4. The van der Waals surface area contributed by atoms with E-state index < -0.39 is 0 Å². The number of nitrogens with zero attached hydrogens (tertiary/aromatic N) is 4. The molecule has 1 atom stereocenters. The minimum atomic E-state index is 0.653. The third-order valence-electron chi connectivity index (χ3n) is 3.91. The summed E-state index contributed by atoms with van der Waals surface area (Å²) in [6.07, 6.45) is 5.39. The molecule has 0 aliphatic carbocycles. The molecule has 1 aliphatic heterocycles. The van der Waals surface area contributed by atoms with Gasteiger partial charge in [-0.05, 0) is 38.3 Å². The van der Waals surface area contributed by atoms with Gasteiger partial charge in [-0.1, -0.05) is 20.8 Å². The van der Waals surface area contributed by atoms with E-state index in [1.165, 1.54) is 19.4 Å². The van der Waals surface area contributed by atoms with Crippen molar-refractivity contribution in [2.24, 2.45) is 5.92 Å². The second-order valence-electron chi connectivity index (χ2n) is 6.22. The van der Waals surface area contributed by atoms with E-state index in [0.717, 1.165) is 44.3 Å². The van der Waals surface area contributed by atoms with Crippen LogP contribution in [0.25, 0.3) is 0 Å². The number of aryl methyl sites for hydroxylation is 1.